The van der Waals surface area contributed by atoms with Crippen LogP contribution in [0.3, 0.4) is 0 Å². The van der Waals surface area contributed by atoms with Gasteiger partial charge in [-0.3, -0.25) is 4.79 Å². The number of rotatable bonds is 7. The van der Waals surface area contributed by atoms with E-state index in [1.807, 2.05) is 24.3 Å². The molecule has 0 aliphatic rings. The van der Waals surface area contributed by atoms with Crippen LogP contribution in [0.1, 0.15) is 12.5 Å². The molecule has 0 spiro atoms. The average Bonchev–Trinajstić information content (AvgIpc) is 3.11. The van der Waals surface area contributed by atoms with E-state index in [0.717, 1.165) is 16.8 Å². The van der Waals surface area contributed by atoms with E-state index in [0.29, 0.717) is 5.82 Å². The molecule has 0 fully saturated rings. The lowest BCUT2D eigenvalue weighted by Gasteiger charge is -2.11. The van der Waals surface area contributed by atoms with Crippen molar-refractivity contribution in [3.05, 3.63) is 54.1 Å². The van der Waals surface area contributed by atoms with Crippen LogP contribution in [-0.4, -0.2) is 32.7 Å². The van der Waals surface area contributed by atoms with Gasteiger partial charge in [0, 0.05) is 5.56 Å². The SMILES string of the molecule is CCc1ccc(-c2nnn(CC(=O)Nc3ccccc3OC(F)F)n2)cc1. The largest absolute Gasteiger partial charge is 0.433 e. The molecular weight excluding hydrogens is 356 g/mol. The highest BCUT2D eigenvalue weighted by atomic mass is 19.3. The number of aromatic nitrogens is 4. The molecule has 0 radical (unpaired) electrons. The molecule has 1 aromatic heterocycles. The van der Waals surface area contributed by atoms with Gasteiger partial charge in [-0.05, 0) is 29.3 Å². The van der Waals surface area contributed by atoms with Gasteiger partial charge in [-0.2, -0.15) is 13.6 Å². The number of carbonyl (C=O) groups excluding carboxylic acids is 1. The van der Waals surface area contributed by atoms with E-state index < -0.39 is 12.5 Å². The van der Waals surface area contributed by atoms with Crippen LogP contribution in [0.4, 0.5) is 14.5 Å². The van der Waals surface area contributed by atoms with Gasteiger partial charge in [0.25, 0.3) is 0 Å². The number of anilines is 1. The van der Waals surface area contributed by atoms with Crippen molar-refractivity contribution in [1.29, 1.82) is 0 Å². The number of nitrogens with zero attached hydrogens (tertiary/aromatic N) is 4. The number of alkyl halides is 2. The van der Waals surface area contributed by atoms with E-state index in [2.05, 4.69) is 32.4 Å². The number of benzene rings is 2. The molecule has 1 N–H and O–H groups in total. The standard InChI is InChI=1S/C18H17F2N5O2/c1-2-12-7-9-13(10-8-12)17-22-24-25(23-17)11-16(26)21-14-5-3-4-6-15(14)27-18(19)20/h3-10,18H,2,11H2,1H3,(H,21,26). The molecule has 1 heterocycles. The predicted octanol–water partition coefficient (Wildman–Crippen LogP) is 3.14. The zero-order chi connectivity index (χ0) is 19.2. The van der Waals surface area contributed by atoms with Crippen LogP contribution in [0, 0.1) is 0 Å². The number of hydrogen-bond acceptors (Lipinski definition) is 5. The van der Waals surface area contributed by atoms with Gasteiger partial charge in [0.1, 0.15) is 12.3 Å². The highest BCUT2D eigenvalue weighted by Crippen LogP contribution is 2.25. The topological polar surface area (TPSA) is 81.9 Å². The van der Waals surface area contributed by atoms with Gasteiger partial charge in [-0.25, -0.2) is 0 Å². The van der Waals surface area contributed by atoms with E-state index in [1.165, 1.54) is 23.8 Å². The summed E-state index contributed by atoms with van der Waals surface area (Å²) < 4.78 is 29.2. The molecule has 0 saturated heterocycles. The first-order valence-corrected chi connectivity index (χ1v) is 8.26. The lowest BCUT2D eigenvalue weighted by molar-refractivity contribution is -0.117. The molecule has 1 amide bonds. The maximum Gasteiger partial charge on any atom is 0.387 e. The third-order valence-corrected chi connectivity index (χ3v) is 3.74. The maximum absolute atomic E-state index is 12.4. The second kappa shape index (κ2) is 8.35. The van der Waals surface area contributed by atoms with Gasteiger partial charge in [0.05, 0.1) is 5.69 Å². The van der Waals surface area contributed by atoms with Crippen LogP contribution in [-0.2, 0) is 17.8 Å². The monoisotopic (exact) mass is 373 g/mol. The Hall–Kier alpha value is -3.36. The van der Waals surface area contributed by atoms with Crippen LogP contribution in [0.15, 0.2) is 48.5 Å². The predicted molar refractivity (Wildman–Crippen MR) is 94.3 cm³/mol. The van der Waals surface area contributed by atoms with Crippen molar-refractivity contribution in [1.82, 2.24) is 20.2 Å². The molecule has 2 aromatic carbocycles. The Labute approximate surface area is 154 Å². The summed E-state index contributed by atoms with van der Waals surface area (Å²) in [5.74, 6) is -0.221. The zero-order valence-corrected chi connectivity index (χ0v) is 14.5. The minimum absolute atomic E-state index is 0.121. The Balaban J connectivity index is 1.66. The van der Waals surface area contributed by atoms with Gasteiger partial charge in [0.15, 0.2) is 0 Å². The quantitative estimate of drug-likeness (QED) is 0.688. The number of tetrazole rings is 1. The van der Waals surface area contributed by atoms with E-state index >= 15 is 0 Å². The van der Waals surface area contributed by atoms with Crippen molar-refractivity contribution >= 4 is 11.6 Å². The second-order valence-electron chi connectivity index (χ2n) is 5.62. The van der Waals surface area contributed by atoms with E-state index in [9.17, 15) is 13.6 Å². The summed E-state index contributed by atoms with van der Waals surface area (Å²) in [6.45, 7) is -1.14. The van der Waals surface area contributed by atoms with Crippen LogP contribution in [0.2, 0.25) is 0 Å². The normalized spacial score (nSPS) is 10.8. The summed E-state index contributed by atoms with van der Waals surface area (Å²) in [5, 5.41) is 14.5. The summed E-state index contributed by atoms with van der Waals surface area (Å²) in [5.41, 5.74) is 2.11. The third kappa shape index (κ3) is 4.84. The highest BCUT2D eigenvalue weighted by Gasteiger charge is 2.13. The lowest BCUT2D eigenvalue weighted by atomic mass is 10.1. The molecule has 27 heavy (non-hydrogen) atoms. The first-order chi connectivity index (χ1) is 13.0. The summed E-state index contributed by atoms with van der Waals surface area (Å²) in [7, 11) is 0. The number of carbonyl (C=O) groups is 1. The Morgan fingerprint density at radius 1 is 1.19 bits per heavy atom. The maximum atomic E-state index is 12.4. The number of amides is 1. The molecule has 3 aromatic rings. The molecule has 0 aliphatic heterocycles. The number of halogens is 2. The van der Waals surface area contributed by atoms with Crippen molar-refractivity contribution in [2.75, 3.05) is 5.32 Å². The van der Waals surface area contributed by atoms with E-state index in [1.54, 1.807) is 6.07 Å². The summed E-state index contributed by atoms with van der Waals surface area (Å²) in [4.78, 5) is 13.3. The molecule has 0 aliphatic carbocycles. The molecular formula is C18H17F2N5O2. The Bertz CT molecular complexity index is 912. The second-order valence-corrected chi connectivity index (χ2v) is 5.62. The fourth-order valence-corrected chi connectivity index (χ4v) is 2.40. The van der Waals surface area contributed by atoms with Crippen LogP contribution in [0.5, 0.6) is 5.75 Å². The summed E-state index contributed by atoms with van der Waals surface area (Å²) in [6, 6.07) is 13.7. The first kappa shape index (κ1) is 18.4. The molecule has 0 unspecified atom stereocenters. The van der Waals surface area contributed by atoms with E-state index in [4.69, 9.17) is 0 Å². The van der Waals surface area contributed by atoms with Crippen molar-refractivity contribution in [2.24, 2.45) is 0 Å². The number of nitrogens with one attached hydrogen (secondary N) is 1. The van der Waals surface area contributed by atoms with E-state index in [-0.39, 0.29) is 18.0 Å². The minimum atomic E-state index is -2.98. The lowest BCUT2D eigenvalue weighted by Crippen LogP contribution is -2.21. The zero-order valence-electron chi connectivity index (χ0n) is 14.5. The van der Waals surface area contributed by atoms with Gasteiger partial charge < -0.3 is 10.1 Å². The number of para-hydroxylation sites is 2. The summed E-state index contributed by atoms with van der Waals surface area (Å²) in [6.07, 6.45) is 0.928. The van der Waals surface area contributed by atoms with Gasteiger partial charge in [-0.1, -0.05) is 43.3 Å². The molecule has 7 nitrogen and oxygen atoms in total. The van der Waals surface area contributed by atoms with Crippen molar-refractivity contribution in [3.8, 4) is 17.1 Å². The first-order valence-electron chi connectivity index (χ1n) is 8.26. The molecule has 0 atom stereocenters. The van der Waals surface area contributed by atoms with Crippen LogP contribution < -0.4 is 10.1 Å². The van der Waals surface area contributed by atoms with Crippen LogP contribution in [0.25, 0.3) is 11.4 Å². The Kier molecular flexibility index (Phi) is 5.70. The fourth-order valence-electron chi connectivity index (χ4n) is 2.40. The molecule has 140 valence electrons. The highest BCUT2D eigenvalue weighted by molar-refractivity contribution is 5.92. The summed E-state index contributed by atoms with van der Waals surface area (Å²) >= 11 is 0. The Morgan fingerprint density at radius 3 is 2.63 bits per heavy atom. The van der Waals surface area contributed by atoms with Gasteiger partial charge in [-0.15, -0.1) is 10.2 Å². The van der Waals surface area contributed by atoms with Crippen molar-refractivity contribution in [3.63, 3.8) is 0 Å². The number of hydrogen-bond donors (Lipinski definition) is 1. The third-order valence-electron chi connectivity index (χ3n) is 3.74. The van der Waals surface area contributed by atoms with Gasteiger partial charge in [0.2, 0.25) is 11.7 Å². The smallest absolute Gasteiger partial charge is 0.387 e. The molecule has 0 bridgehead atoms. The molecule has 0 saturated carbocycles. The average molecular weight is 373 g/mol. The fraction of sp³-hybridized carbons (Fsp3) is 0.222. The minimum Gasteiger partial charge on any atom is -0.433 e. The van der Waals surface area contributed by atoms with Gasteiger partial charge >= 0.3 is 6.61 Å². The van der Waals surface area contributed by atoms with Crippen LogP contribution >= 0.6 is 0 Å². The number of aryl methyl sites for hydroxylation is 1. The molecule has 9 heteroatoms. The Morgan fingerprint density at radius 2 is 1.93 bits per heavy atom. The molecule has 3 rings (SSSR count). The van der Waals surface area contributed by atoms with Crippen molar-refractivity contribution < 1.29 is 18.3 Å². The number of ether oxygens (including phenoxy) is 1. The van der Waals surface area contributed by atoms with Crippen molar-refractivity contribution in [2.45, 2.75) is 26.5 Å².